The Hall–Kier alpha value is -3.16. The van der Waals surface area contributed by atoms with Crippen LogP contribution in [0.1, 0.15) is 0 Å². The summed E-state index contributed by atoms with van der Waals surface area (Å²) in [5.41, 5.74) is 4.72. The highest BCUT2D eigenvalue weighted by molar-refractivity contribution is 5.56. The lowest BCUT2D eigenvalue weighted by molar-refractivity contribution is -0.387. The van der Waals surface area contributed by atoms with Gasteiger partial charge in [0, 0.05) is 65.5 Å². The normalized spacial score (nSPS) is 16.6. The molecule has 0 unspecified atom stereocenters. The van der Waals surface area contributed by atoms with Crippen LogP contribution in [0.25, 0.3) is 0 Å². The Morgan fingerprint density at radius 2 is 1.11 bits per heavy atom. The Labute approximate surface area is 207 Å². The van der Waals surface area contributed by atoms with E-state index in [1.165, 1.54) is 12.1 Å². The molecule has 0 aliphatic carbocycles. The number of aliphatic hydroxyl groups is 1. The molecule has 4 rings (SSSR count). The van der Waals surface area contributed by atoms with E-state index in [1.807, 2.05) is 19.0 Å². The third-order valence-electron chi connectivity index (χ3n) is 6.02. The quantitative estimate of drug-likeness (QED) is 0.278. The first-order valence-corrected chi connectivity index (χ1v) is 11.3. The molecule has 2 heterocycles. The summed E-state index contributed by atoms with van der Waals surface area (Å²) in [4.78, 5) is 17.3. The van der Waals surface area contributed by atoms with Crippen molar-refractivity contribution in [2.75, 3.05) is 89.1 Å². The Balaban J connectivity index is 0.000000239. The molecule has 0 spiro atoms. The monoisotopic (exact) mass is 516 g/mol. The Bertz CT molecular complexity index is 1030. The van der Waals surface area contributed by atoms with Gasteiger partial charge in [-0.05, 0) is 32.3 Å². The van der Waals surface area contributed by atoms with Crippen molar-refractivity contribution < 1.29 is 27.6 Å². The van der Waals surface area contributed by atoms with E-state index in [9.17, 15) is 27.7 Å². The average molecular weight is 517 g/mol. The minimum absolute atomic E-state index is 0.0891. The maximum absolute atomic E-state index is 13.8. The fraction of sp³-hybridized carbons (Fsp3) is 0.478. The molecule has 2 fully saturated rings. The van der Waals surface area contributed by atoms with E-state index in [0.717, 1.165) is 39.4 Å². The first-order valence-electron chi connectivity index (χ1n) is 11.3. The first-order chi connectivity index (χ1) is 17.1. The van der Waals surface area contributed by atoms with Crippen LogP contribution in [0, 0.1) is 33.4 Å². The second kappa shape index (κ2) is 13.2. The number of rotatable bonds is 3. The predicted molar refractivity (Wildman–Crippen MR) is 131 cm³/mol. The van der Waals surface area contributed by atoms with Crippen molar-refractivity contribution in [3.8, 4) is 0 Å². The van der Waals surface area contributed by atoms with Crippen LogP contribution in [0.3, 0.4) is 0 Å². The summed E-state index contributed by atoms with van der Waals surface area (Å²) in [6, 6.07) is 5.22. The molecule has 2 aromatic carbocycles. The molecule has 36 heavy (non-hydrogen) atoms. The zero-order valence-corrected chi connectivity index (χ0v) is 20.6. The van der Waals surface area contributed by atoms with Crippen molar-refractivity contribution in [2.45, 2.75) is 0 Å². The molecule has 13 heteroatoms. The van der Waals surface area contributed by atoms with Gasteiger partial charge in [0.15, 0.2) is 17.5 Å². The van der Waals surface area contributed by atoms with Crippen LogP contribution < -0.4 is 15.5 Å². The standard InChI is InChI=1S/C11H13F2N3O2.C11H15F2N3.CH4O/c1-14-4-6-15(7-5-14)8-2-3-9(16(17)18)11(13)10(8)12;1-15-4-6-16(7-5-15)9-3-2-8(14)10(12)11(9)13;1-2/h2-3H,4-7H2,1H3;2-3H,4-7,14H2,1H3;2H,1H3. The second-order valence-electron chi connectivity index (χ2n) is 8.37. The first kappa shape index (κ1) is 29.1. The van der Waals surface area contributed by atoms with Crippen molar-refractivity contribution in [1.82, 2.24) is 9.80 Å². The summed E-state index contributed by atoms with van der Waals surface area (Å²) in [5, 5.41) is 17.5. The number of nitro benzene ring substituents is 1. The lowest BCUT2D eigenvalue weighted by Gasteiger charge is -2.34. The van der Waals surface area contributed by atoms with Crippen LogP contribution in [0.5, 0.6) is 0 Å². The number of nitro groups is 1. The van der Waals surface area contributed by atoms with E-state index in [2.05, 4.69) is 9.80 Å². The van der Waals surface area contributed by atoms with Gasteiger partial charge in [-0.15, -0.1) is 0 Å². The van der Waals surface area contributed by atoms with E-state index in [1.54, 1.807) is 11.0 Å². The number of likely N-dealkylation sites (N-methyl/N-ethyl adjacent to an activating group) is 2. The molecule has 2 aromatic rings. The molecule has 2 saturated heterocycles. The number of aliphatic hydroxyl groups excluding tert-OH is 1. The number of nitrogen functional groups attached to an aromatic ring is 1. The molecule has 9 nitrogen and oxygen atoms in total. The smallest absolute Gasteiger partial charge is 0.308 e. The van der Waals surface area contributed by atoms with Gasteiger partial charge >= 0.3 is 5.69 Å². The topological polar surface area (TPSA) is 102 Å². The maximum Gasteiger partial charge on any atom is 0.308 e. The van der Waals surface area contributed by atoms with Gasteiger partial charge in [-0.25, -0.2) is 13.2 Å². The zero-order valence-electron chi connectivity index (χ0n) is 20.6. The average Bonchev–Trinajstić information content (AvgIpc) is 2.87. The van der Waals surface area contributed by atoms with Crippen LogP contribution in [0.2, 0.25) is 0 Å². The molecule has 0 radical (unpaired) electrons. The summed E-state index contributed by atoms with van der Waals surface area (Å²) in [6.45, 7) is 5.76. The number of halogens is 4. The van der Waals surface area contributed by atoms with Crippen molar-refractivity contribution in [3.63, 3.8) is 0 Å². The van der Waals surface area contributed by atoms with E-state index in [4.69, 9.17) is 10.8 Å². The largest absolute Gasteiger partial charge is 0.400 e. The van der Waals surface area contributed by atoms with Crippen LogP contribution >= 0.6 is 0 Å². The van der Waals surface area contributed by atoms with Crippen LogP contribution in [0.15, 0.2) is 24.3 Å². The molecule has 0 bridgehead atoms. The van der Waals surface area contributed by atoms with Gasteiger partial charge in [0.05, 0.1) is 22.0 Å². The highest BCUT2D eigenvalue weighted by atomic mass is 19.2. The molecule has 0 atom stereocenters. The Morgan fingerprint density at radius 1 is 0.722 bits per heavy atom. The third-order valence-corrected chi connectivity index (χ3v) is 6.02. The number of nitrogens with two attached hydrogens (primary N) is 1. The fourth-order valence-electron chi connectivity index (χ4n) is 3.81. The van der Waals surface area contributed by atoms with Crippen molar-refractivity contribution in [1.29, 1.82) is 0 Å². The van der Waals surface area contributed by atoms with Crippen LogP contribution in [-0.4, -0.2) is 93.4 Å². The Morgan fingerprint density at radius 3 is 1.53 bits per heavy atom. The molecule has 3 N–H and O–H groups in total. The van der Waals surface area contributed by atoms with Gasteiger partial charge in [0.25, 0.3) is 0 Å². The summed E-state index contributed by atoms with van der Waals surface area (Å²) in [5.74, 6) is -4.33. The van der Waals surface area contributed by atoms with Crippen LogP contribution in [0.4, 0.5) is 40.3 Å². The molecule has 0 aromatic heterocycles. The van der Waals surface area contributed by atoms with E-state index in [0.29, 0.717) is 31.9 Å². The van der Waals surface area contributed by atoms with Crippen molar-refractivity contribution in [3.05, 3.63) is 57.6 Å². The fourth-order valence-corrected chi connectivity index (χ4v) is 3.81. The van der Waals surface area contributed by atoms with Gasteiger partial charge in [-0.2, -0.15) is 4.39 Å². The summed E-state index contributed by atoms with van der Waals surface area (Å²) >= 11 is 0. The van der Waals surface area contributed by atoms with Gasteiger partial charge < -0.3 is 30.4 Å². The highest BCUT2D eigenvalue weighted by Gasteiger charge is 2.25. The minimum atomic E-state index is -1.39. The van der Waals surface area contributed by atoms with Crippen molar-refractivity contribution >= 4 is 22.7 Å². The zero-order chi connectivity index (χ0) is 27.0. The SMILES string of the molecule is CN1CCN(c2ccc(N)c(F)c2F)CC1.CN1CCN(c2ccc([N+](=O)[O-])c(F)c2F)CC1.CO. The highest BCUT2D eigenvalue weighted by Crippen LogP contribution is 2.29. The van der Waals surface area contributed by atoms with Crippen molar-refractivity contribution in [2.24, 2.45) is 0 Å². The molecule has 2 aliphatic heterocycles. The molecule has 0 amide bonds. The number of piperazine rings is 2. The predicted octanol–water partition coefficient (Wildman–Crippen LogP) is 2.53. The number of hydrogen-bond acceptors (Lipinski definition) is 8. The summed E-state index contributed by atoms with van der Waals surface area (Å²) in [7, 11) is 4.96. The van der Waals surface area contributed by atoms with Gasteiger partial charge in [0.2, 0.25) is 5.82 Å². The van der Waals surface area contributed by atoms with E-state index in [-0.39, 0.29) is 11.4 Å². The summed E-state index contributed by atoms with van der Waals surface area (Å²) in [6.07, 6.45) is 0. The van der Waals surface area contributed by atoms with Crippen LogP contribution in [-0.2, 0) is 0 Å². The number of nitrogens with zero attached hydrogens (tertiary/aromatic N) is 5. The van der Waals surface area contributed by atoms with E-state index >= 15 is 0 Å². The number of anilines is 3. The third kappa shape index (κ3) is 6.95. The molecule has 0 saturated carbocycles. The number of hydrogen-bond donors (Lipinski definition) is 2. The molecule has 200 valence electrons. The molecule has 2 aliphatic rings. The minimum Gasteiger partial charge on any atom is -0.400 e. The summed E-state index contributed by atoms with van der Waals surface area (Å²) < 4.78 is 54.2. The lowest BCUT2D eigenvalue weighted by Crippen LogP contribution is -2.44. The van der Waals surface area contributed by atoms with Gasteiger partial charge in [0.1, 0.15) is 0 Å². The molecular weight excluding hydrogens is 484 g/mol. The van der Waals surface area contributed by atoms with Gasteiger partial charge in [-0.1, -0.05) is 0 Å². The lowest BCUT2D eigenvalue weighted by atomic mass is 10.2. The molecular formula is C23H32F4N6O3. The number of benzene rings is 2. The van der Waals surface area contributed by atoms with E-state index < -0.39 is 33.9 Å². The maximum atomic E-state index is 13.8. The second-order valence-corrected chi connectivity index (χ2v) is 8.37. The van der Waals surface area contributed by atoms with Gasteiger partial charge in [-0.3, -0.25) is 10.1 Å². The Kier molecular flexibility index (Phi) is 10.7.